The highest BCUT2D eigenvalue weighted by molar-refractivity contribution is 5.79. The molecule has 2 saturated heterocycles. The highest BCUT2D eigenvalue weighted by atomic mass is 15.2. The molecule has 0 amide bonds. The van der Waals surface area contributed by atoms with Crippen LogP contribution < -0.4 is 15.5 Å². The van der Waals surface area contributed by atoms with E-state index >= 15 is 0 Å². The second-order valence-corrected chi connectivity index (χ2v) is 6.94. The van der Waals surface area contributed by atoms with Gasteiger partial charge in [0.15, 0.2) is 5.82 Å². The minimum Gasteiger partial charge on any atom is -0.365 e. The summed E-state index contributed by atoms with van der Waals surface area (Å²) in [5, 5.41) is 6.90. The molecule has 0 radical (unpaired) electrons. The van der Waals surface area contributed by atoms with Gasteiger partial charge in [-0.05, 0) is 25.8 Å². The predicted molar refractivity (Wildman–Crippen MR) is 101 cm³/mol. The monoisotopic (exact) mass is 350 g/mol. The fraction of sp³-hybridized carbons (Fsp3) is 0.444. The lowest BCUT2D eigenvalue weighted by atomic mass is 10.1. The summed E-state index contributed by atoms with van der Waals surface area (Å²) in [4.78, 5) is 20.4. The molecule has 2 aliphatic heterocycles. The number of aromatic nitrogens is 5. The summed E-state index contributed by atoms with van der Waals surface area (Å²) in [5.41, 5.74) is 1.87. The number of rotatable bonds is 4. The van der Waals surface area contributed by atoms with Crippen LogP contribution in [0.15, 0.2) is 31.0 Å². The summed E-state index contributed by atoms with van der Waals surface area (Å²) in [5.74, 6) is 2.57. The van der Waals surface area contributed by atoms with Crippen molar-refractivity contribution in [2.45, 2.75) is 25.3 Å². The van der Waals surface area contributed by atoms with Crippen LogP contribution in [0.1, 0.15) is 19.3 Å². The Balaban J connectivity index is 1.46. The fourth-order valence-electron chi connectivity index (χ4n) is 3.53. The minimum atomic E-state index is 0.398. The van der Waals surface area contributed by atoms with E-state index in [-0.39, 0.29) is 0 Å². The number of imidazole rings is 1. The first kappa shape index (κ1) is 15.5. The third-order valence-electron chi connectivity index (χ3n) is 5.12. The van der Waals surface area contributed by atoms with Gasteiger partial charge in [-0.1, -0.05) is 0 Å². The van der Waals surface area contributed by atoms with Crippen LogP contribution >= 0.6 is 0 Å². The maximum Gasteiger partial charge on any atom is 0.159 e. The molecule has 0 spiro atoms. The first-order chi connectivity index (χ1) is 12.9. The molecule has 2 aliphatic rings. The van der Waals surface area contributed by atoms with Crippen molar-refractivity contribution in [1.29, 1.82) is 0 Å². The van der Waals surface area contributed by atoms with E-state index in [0.29, 0.717) is 6.04 Å². The summed E-state index contributed by atoms with van der Waals surface area (Å²) in [7, 11) is 0. The number of hydrogen-bond donors (Lipinski definition) is 2. The molecule has 26 heavy (non-hydrogen) atoms. The zero-order valence-corrected chi connectivity index (χ0v) is 14.6. The Kier molecular flexibility index (Phi) is 3.89. The van der Waals surface area contributed by atoms with Gasteiger partial charge >= 0.3 is 0 Å². The first-order valence-electron chi connectivity index (χ1n) is 9.24. The number of nitrogens with zero attached hydrogens (tertiary/aromatic N) is 6. The van der Waals surface area contributed by atoms with E-state index in [4.69, 9.17) is 4.98 Å². The lowest BCUT2D eigenvalue weighted by Crippen LogP contribution is -2.38. The molecule has 1 atom stereocenters. The van der Waals surface area contributed by atoms with Gasteiger partial charge in [0.05, 0.1) is 24.1 Å². The Morgan fingerprint density at radius 2 is 2.04 bits per heavy atom. The SMILES string of the molecule is c1ncc(-n2cnc3cnc(N4CCC4)cc32)nc1NC1CCCNC1. The smallest absolute Gasteiger partial charge is 0.159 e. The molecular weight excluding hydrogens is 328 g/mol. The second-order valence-electron chi connectivity index (χ2n) is 6.94. The number of pyridine rings is 1. The van der Waals surface area contributed by atoms with Crippen molar-refractivity contribution in [3.05, 3.63) is 31.0 Å². The molecule has 5 heterocycles. The van der Waals surface area contributed by atoms with E-state index < -0.39 is 0 Å². The average Bonchev–Trinajstić information content (AvgIpc) is 3.05. The molecule has 0 aliphatic carbocycles. The maximum absolute atomic E-state index is 4.76. The summed E-state index contributed by atoms with van der Waals surface area (Å²) < 4.78 is 1.98. The average molecular weight is 350 g/mol. The predicted octanol–water partition coefficient (Wildman–Crippen LogP) is 1.58. The molecule has 0 aromatic carbocycles. The molecule has 5 rings (SSSR count). The molecule has 2 N–H and O–H groups in total. The van der Waals surface area contributed by atoms with Crippen molar-refractivity contribution in [3.63, 3.8) is 0 Å². The lowest BCUT2D eigenvalue weighted by Gasteiger charge is -2.31. The topological polar surface area (TPSA) is 83.8 Å². The number of hydrogen-bond acceptors (Lipinski definition) is 7. The first-order valence-corrected chi connectivity index (χ1v) is 9.24. The lowest BCUT2D eigenvalue weighted by molar-refractivity contribution is 0.479. The second kappa shape index (κ2) is 6.53. The molecule has 134 valence electrons. The highest BCUT2D eigenvalue weighted by Crippen LogP contribution is 2.24. The van der Waals surface area contributed by atoms with Gasteiger partial charge in [-0.2, -0.15) is 0 Å². The van der Waals surface area contributed by atoms with Crippen molar-refractivity contribution < 1.29 is 0 Å². The Labute approximate surface area is 151 Å². The minimum absolute atomic E-state index is 0.398. The third kappa shape index (κ3) is 2.86. The van der Waals surface area contributed by atoms with Crippen molar-refractivity contribution in [2.24, 2.45) is 0 Å². The van der Waals surface area contributed by atoms with Gasteiger partial charge in [0.2, 0.25) is 0 Å². The molecule has 8 heteroatoms. The van der Waals surface area contributed by atoms with Crippen LogP contribution in [-0.2, 0) is 0 Å². The summed E-state index contributed by atoms with van der Waals surface area (Å²) in [6, 6.07) is 2.49. The van der Waals surface area contributed by atoms with Crippen LogP contribution in [0.4, 0.5) is 11.6 Å². The van der Waals surface area contributed by atoms with E-state index in [9.17, 15) is 0 Å². The van der Waals surface area contributed by atoms with Crippen molar-refractivity contribution >= 4 is 22.7 Å². The van der Waals surface area contributed by atoms with Gasteiger partial charge in [-0.3, -0.25) is 9.55 Å². The largest absolute Gasteiger partial charge is 0.365 e. The quantitative estimate of drug-likeness (QED) is 0.739. The number of anilines is 2. The molecule has 8 nitrogen and oxygen atoms in total. The zero-order valence-electron chi connectivity index (χ0n) is 14.6. The standard InChI is InChI=1S/C18H22N8/c1-3-13(8-19-4-1)23-16-10-20-11-18(24-16)26-12-22-14-9-21-17(7-15(14)26)25-5-2-6-25/h7,9-13,19H,1-6,8H2,(H,23,24). The van der Waals surface area contributed by atoms with Crippen LogP contribution in [0.25, 0.3) is 16.9 Å². The van der Waals surface area contributed by atoms with Gasteiger partial charge in [0.25, 0.3) is 0 Å². The third-order valence-corrected chi connectivity index (χ3v) is 5.12. The van der Waals surface area contributed by atoms with Crippen LogP contribution in [0.3, 0.4) is 0 Å². The van der Waals surface area contributed by atoms with Gasteiger partial charge in [-0.25, -0.2) is 15.0 Å². The number of fused-ring (bicyclic) bond motifs is 1. The van der Waals surface area contributed by atoms with E-state index in [0.717, 1.165) is 61.1 Å². The Hall–Kier alpha value is -2.74. The molecule has 3 aromatic rings. The highest BCUT2D eigenvalue weighted by Gasteiger charge is 2.18. The molecular formula is C18H22N8. The number of piperidine rings is 1. The summed E-state index contributed by atoms with van der Waals surface area (Å²) in [6.07, 6.45) is 10.7. The number of nitrogens with one attached hydrogen (secondary N) is 2. The molecule has 1 unspecified atom stereocenters. The summed E-state index contributed by atoms with van der Waals surface area (Å²) >= 11 is 0. The molecule has 0 bridgehead atoms. The van der Waals surface area contributed by atoms with E-state index in [1.807, 2.05) is 10.8 Å². The Morgan fingerprint density at radius 1 is 1.08 bits per heavy atom. The zero-order chi connectivity index (χ0) is 17.3. The van der Waals surface area contributed by atoms with Crippen molar-refractivity contribution in [1.82, 2.24) is 29.8 Å². The summed E-state index contributed by atoms with van der Waals surface area (Å²) in [6.45, 7) is 4.20. The van der Waals surface area contributed by atoms with Crippen LogP contribution in [0, 0.1) is 0 Å². The van der Waals surface area contributed by atoms with Crippen LogP contribution in [0.5, 0.6) is 0 Å². The van der Waals surface area contributed by atoms with Gasteiger partial charge in [-0.15, -0.1) is 0 Å². The van der Waals surface area contributed by atoms with Crippen LogP contribution in [-0.4, -0.2) is 56.7 Å². The van der Waals surface area contributed by atoms with Crippen LogP contribution in [0.2, 0.25) is 0 Å². The fourth-order valence-corrected chi connectivity index (χ4v) is 3.53. The van der Waals surface area contributed by atoms with Gasteiger partial charge in [0.1, 0.15) is 23.5 Å². The molecule has 2 fully saturated rings. The van der Waals surface area contributed by atoms with Gasteiger partial charge < -0.3 is 15.5 Å². The van der Waals surface area contributed by atoms with E-state index in [1.54, 1.807) is 18.7 Å². The van der Waals surface area contributed by atoms with E-state index in [2.05, 4.69) is 36.6 Å². The maximum atomic E-state index is 4.76. The van der Waals surface area contributed by atoms with Gasteiger partial charge in [0, 0.05) is 31.7 Å². The van der Waals surface area contributed by atoms with Crippen molar-refractivity contribution in [2.75, 3.05) is 36.4 Å². The Morgan fingerprint density at radius 3 is 2.85 bits per heavy atom. The van der Waals surface area contributed by atoms with Crippen molar-refractivity contribution in [3.8, 4) is 5.82 Å². The van der Waals surface area contributed by atoms with E-state index in [1.165, 1.54) is 12.8 Å². The molecule has 0 saturated carbocycles. The normalized spacial score (nSPS) is 20.2. The Bertz CT molecular complexity index is 910. The molecule has 3 aromatic heterocycles.